The topological polar surface area (TPSA) is 84.2 Å². The van der Waals surface area contributed by atoms with Crippen LogP contribution >= 0.6 is 12.4 Å². The lowest BCUT2D eigenvalue weighted by molar-refractivity contribution is 0.0756. The summed E-state index contributed by atoms with van der Waals surface area (Å²) in [4.78, 5) is 25.5. The van der Waals surface area contributed by atoms with Gasteiger partial charge in [-0.3, -0.25) is 9.59 Å². The number of nitrogens with two attached hydrogens (primary N) is 1. The van der Waals surface area contributed by atoms with E-state index in [2.05, 4.69) is 10.6 Å². The Morgan fingerprint density at radius 1 is 0.933 bits per heavy atom. The van der Waals surface area contributed by atoms with Crippen molar-refractivity contribution in [3.63, 3.8) is 0 Å². The summed E-state index contributed by atoms with van der Waals surface area (Å²) in [5.74, 6) is 0.702. The van der Waals surface area contributed by atoms with Gasteiger partial charge in [0.1, 0.15) is 0 Å². The zero-order valence-corrected chi connectivity index (χ0v) is 18.1. The summed E-state index contributed by atoms with van der Waals surface area (Å²) in [6.07, 6.45) is 5.50. The van der Waals surface area contributed by atoms with Gasteiger partial charge >= 0.3 is 0 Å². The van der Waals surface area contributed by atoms with E-state index in [9.17, 15) is 9.59 Å². The Labute approximate surface area is 184 Å². The number of halogens is 1. The van der Waals surface area contributed by atoms with Gasteiger partial charge in [0.05, 0.1) is 0 Å². The largest absolute Gasteiger partial charge is 0.349 e. The van der Waals surface area contributed by atoms with Gasteiger partial charge in [-0.25, -0.2) is 0 Å². The molecule has 4 N–H and O–H groups in total. The lowest BCUT2D eigenvalue weighted by Gasteiger charge is -2.45. The number of carbonyl (C=O) groups excluding carboxylic acids is 2. The number of amides is 2. The minimum absolute atomic E-state index is 0. The van der Waals surface area contributed by atoms with Gasteiger partial charge in [-0.1, -0.05) is 30.7 Å². The number of carbonyl (C=O) groups is 2. The molecule has 0 heterocycles. The zero-order chi connectivity index (χ0) is 20.4. The van der Waals surface area contributed by atoms with E-state index in [4.69, 9.17) is 5.73 Å². The summed E-state index contributed by atoms with van der Waals surface area (Å²) < 4.78 is 0. The fourth-order valence-electron chi connectivity index (χ4n) is 4.94. The van der Waals surface area contributed by atoms with Crippen molar-refractivity contribution < 1.29 is 9.59 Å². The number of aryl methyl sites for hydroxylation is 1. The summed E-state index contributed by atoms with van der Waals surface area (Å²) in [5.41, 5.74) is 8.96. The Balaban J connectivity index is 0.00000256. The third kappa shape index (κ3) is 4.85. The SMILES string of the molecule is Cc1ccc(C(=O)NC2C3CCCC2CC(N)C3)cc1NC(=O)c1ccccc1.Cl. The molecule has 2 bridgehead atoms. The first-order chi connectivity index (χ1) is 14.0. The number of nitrogens with one attached hydrogen (secondary N) is 2. The molecule has 0 saturated heterocycles. The van der Waals surface area contributed by atoms with Gasteiger partial charge in [0.2, 0.25) is 0 Å². The van der Waals surface area contributed by atoms with E-state index in [1.54, 1.807) is 18.2 Å². The van der Waals surface area contributed by atoms with Crippen LogP contribution in [-0.2, 0) is 0 Å². The maximum Gasteiger partial charge on any atom is 0.255 e. The van der Waals surface area contributed by atoms with Crippen molar-refractivity contribution in [1.29, 1.82) is 0 Å². The average molecular weight is 428 g/mol. The molecule has 4 rings (SSSR count). The molecule has 0 aliphatic heterocycles. The fraction of sp³-hybridized carbons (Fsp3) is 0.417. The molecule has 30 heavy (non-hydrogen) atoms. The molecule has 2 amide bonds. The molecular weight excluding hydrogens is 398 g/mol. The second-order valence-electron chi connectivity index (χ2n) is 8.53. The van der Waals surface area contributed by atoms with Crippen LogP contribution in [0.25, 0.3) is 0 Å². The number of fused-ring (bicyclic) bond motifs is 2. The first-order valence-electron chi connectivity index (χ1n) is 10.5. The smallest absolute Gasteiger partial charge is 0.255 e. The van der Waals surface area contributed by atoms with Crippen LogP contribution in [0.4, 0.5) is 5.69 Å². The Morgan fingerprint density at radius 2 is 1.60 bits per heavy atom. The van der Waals surface area contributed by atoms with Crippen LogP contribution in [-0.4, -0.2) is 23.9 Å². The van der Waals surface area contributed by atoms with Crippen LogP contribution in [0.2, 0.25) is 0 Å². The van der Waals surface area contributed by atoms with E-state index in [0.29, 0.717) is 28.7 Å². The minimum atomic E-state index is -0.179. The average Bonchev–Trinajstić information content (AvgIpc) is 2.71. The van der Waals surface area contributed by atoms with Gasteiger partial charge in [-0.15, -0.1) is 12.4 Å². The molecule has 2 aromatic rings. The maximum atomic E-state index is 13.0. The van der Waals surface area contributed by atoms with E-state index >= 15 is 0 Å². The second-order valence-corrected chi connectivity index (χ2v) is 8.53. The quantitative estimate of drug-likeness (QED) is 0.679. The number of anilines is 1. The van der Waals surface area contributed by atoms with Crippen molar-refractivity contribution in [2.24, 2.45) is 17.6 Å². The van der Waals surface area contributed by atoms with Crippen molar-refractivity contribution in [3.8, 4) is 0 Å². The normalized spacial score (nSPS) is 25.0. The standard InChI is InChI=1S/C24H29N3O2.ClH/c1-15-10-11-19(14-21(15)26-23(28)16-6-3-2-4-7-16)24(29)27-22-17-8-5-9-18(22)13-20(25)12-17;/h2-4,6-7,10-11,14,17-18,20,22H,5,8-9,12-13,25H2,1H3,(H,26,28)(H,27,29);1H. The van der Waals surface area contributed by atoms with Crippen LogP contribution in [0.1, 0.15) is 58.4 Å². The summed E-state index contributed by atoms with van der Waals surface area (Å²) in [6, 6.07) is 15.0. The molecule has 0 spiro atoms. The van der Waals surface area contributed by atoms with Crippen LogP contribution in [0, 0.1) is 18.8 Å². The lowest BCUT2D eigenvalue weighted by Crippen LogP contribution is -2.53. The van der Waals surface area contributed by atoms with E-state index in [1.807, 2.05) is 37.3 Å². The summed E-state index contributed by atoms with van der Waals surface area (Å²) >= 11 is 0. The lowest BCUT2D eigenvalue weighted by atomic mass is 9.67. The molecule has 6 heteroatoms. The van der Waals surface area contributed by atoms with Gasteiger partial charge in [0.25, 0.3) is 11.8 Å². The molecule has 0 aromatic heterocycles. The fourth-order valence-corrected chi connectivity index (χ4v) is 4.94. The van der Waals surface area contributed by atoms with Crippen LogP contribution in [0.15, 0.2) is 48.5 Å². The number of hydrogen-bond acceptors (Lipinski definition) is 3. The molecule has 0 radical (unpaired) electrons. The summed E-state index contributed by atoms with van der Waals surface area (Å²) in [5, 5.41) is 6.22. The highest BCUT2D eigenvalue weighted by molar-refractivity contribution is 6.05. The minimum Gasteiger partial charge on any atom is -0.349 e. The van der Waals surface area contributed by atoms with Crippen LogP contribution in [0.3, 0.4) is 0 Å². The van der Waals surface area contributed by atoms with Crippen molar-refractivity contribution in [1.82, 2.24) is 5.32 Å². The summed E-state index contributed by atoms with van der Waals surface area (Å²) in [7, 11) is 0. The Bertz CT molecular complexity index is 889. The van der Waals surface area contributed by atoms with E-state index in [1.165, 1.54) is 6.42 Å². The van der Waals surface area contributed by atoms with Gasteiger partial charge in [0, 0.05) is 28.9 Å². The highest BCUT2D eigenvalue weighted by atomic mass is 35.5. The number of rotatable bonds is 4. The maximum absolute atomic E-state index is 13.0. The number of hydrogen-bond donors (Lipinski definition) is 3. The zero-order valence-electron chi connectivity index (χ0n) is 17.3. The van der Waals surface area contributed by atoms with Gasteiger partial charge < -0.3 is 16.4 Å². The van der Waals surface area contributed by atoms with E-state index in [0.717, 1.165) is 31.2 Å². The molecule has 2 saturated carbocycles. The van der Waals surface area contributed by atoms with Crippen LogP contribution in [0.5, 0.6) is 0 Å². The Kier molecular flexibility index (Phi) is 7.16. The molecule has 2 unspecified atom stereocenters. The molecule has 2 atom stereocenters. The molecule has 2 aliphatic rings. The Morgan fingerprint density at radius 3 is 2.27 bits per heavy atom. The van der Waals surface area contributed by atoms with Crippen molar-refractivity contribution >= 4 is 29.9 Å². The predicted octanol–water partition coefficient (Wildman–Crippen LogP) is 4.30. The Hall–Kier alpha value is -2.37. The summed E-state index contributed by atoms with van der Waals surface area (Å²) in [6.45, 7) is 1.93. The van der Waals surface area contributed by atoms with Gasteiger partial charge in [-0.2, -0.15) is 0 Å². The first kappa shape index (κ1) is 22.3. The predicted molar refractivity (Wildman–Crippen MR) is 122 cm³/mol. The molecule has 2 aromatic carbocycles. The monoisotopic (exact) mass is 427 g/mol. The third-order valence-corrected chi connectivity index (χ3v) is 6.46. The van der Waals surface area contributed by atoms with Crippen molar-refractivity contribution in [2.45, 2.75) is 51.1 Å². The number of benzene rings is 2. The van der Waals surface area contributed by atoms with Gasteiger partial charge in [0.15, 0.2) is 0 Å². The first-order valence-corrected chi connectivity index (χ1v) is 10.5. The second kappa shape index (κ2) is 9.63. The molecule has 160 valence electrons. The van der Waals surface area contributed by atoms with E-state index in [-0.39, 0.29) is 36.3 Å². The van der Waals surface area contributed by atoms with Crippen molar-refractivity contribution in [2.75, 3.05) is 5.32 Å². The highest BCUT2D eigenvalue weighted by Gasteiger charge is 2.40. The molecule has 2 aliphatic carbocycles. The molecule has 2 fully saturated rings. The highest BCUT2D eigenvalue weighted by Crippen LogP contribution is 2.39. The van der Waals surface area contributed by atoms with E-state index < -0.39 is 0 Å². The van der Waals surface area contributed by atoms with Crippen LogP contribution < -0.4 is 16.4 Å². The van der Waals surface area contributed by atoms with Crippen molar-refractivity contribution in [3.05, 3.63) is 65.2 Å². The molecule has 5 nitrogen and oxygen atoms in total. The third-order valence-electron chi connectivity index (χ3n) is 6.46. The molecular formula is C24H30ClN3O2. The van der Waals surface area contributed by atoms with Gasteiger partial charge in [-0.05, 0) is 74.3 Å².